The Morgan fingerprint density at radius 2 is 1.85 bits per heavy atom. The number of halogens is 3. The largest absolute Gasteiger partial charge is 0.503 e. The van der Waals surface area contributed by atoms with Gasteiger partial charge in [-0.05, 0) is 53.2 Å². The summed E-state index contributed by atoms with van der Waals surface area (Å²) >= 11 is 18.6. The molecule has 2 aromatic rings. The Morgan fingerprint density at radius 1 is 1.11 bits per heavy atom. The van der Waals surface area contributed by atoms with Crippen molar-refractivity contribution in [1.82, 2.24) is 4.90 Å². The Hall–Kier alpha value is -1.86. The first kappa shape index (κ1) is 19.9. The van der Waals surface area contributed by atoms with Crippen LogP contribution in [0.15, 0.2) is 35.2 Å². The third-order valence-corrected chi connectivity index (χ3v) is 5.70. The van der Waals surface area contributed by atoms with Gasteiger partial charge in [-0.15, -0.1) is 0 Å². The van der Waals surface area contributed by atoms with Gasteiger partial charge in [0.15, 0.2) is 11.5 Å². The van der Waals surface area contributed by atoms with Crippen LogP contribution in [0.4, 0.5) is 4.79 Å². The number of carbonyl (C=O) groups is 2. The van der Waals surface area contributed by atoms with Crippen LogP contribution in [0.1, 0.15) is 11.1 Å². The van der Waals surface area contributed by atoms with Gasteiger partial charge in [-0.3, -0.25) is 14.5 Å². The molecule has 3 rings (SSSR count). The first-order valence-electron chi connectivity index (χ1n) is 7.56. The second kappa shape index (κ2) is 8.02. The van der Waals surface area contributed by atoms with Crippen LogP contribution in [0.25, 0.3) is 6.08 Å². The van der Waals surface area contributed by atoms with Crippen LogP contribution < -0.4 is 4.74 Å². The van der Waals surface area contributed by atoms with Crippen molar-refractivity contribution in [2.24, 2.45) is 0 Å². The number of thioether (sulfide) groups is 1. The lowest BCUT2D eigenvalue weighted by molar-refractivity contribution is -0.123. The molecule has 2 amide bonds. The van der Waals surface area contributed by atoms with E-state index in [0.717, 1.165) is 16.7 Å². The molecule has 0 aliphatic carbocycles. The first-order valence-corrected chi connectivity index (χ1v) is 9.51. The fourth-order valence-corrected chi connectivity index (χ4v) is 3.82. The van der Waals surface area contributed by atoms with Crippen molar-refractivity contribution in [2.45, 2.75) is 6.54 Å². The fraction of sp³-hybridized carbons (Fsp3) is 0.111. The molecular weight excluding hydrogens is 433 g/mol. The summed E-state index contributed by atoms with van der Waals surface area (Å²) < 4.78 is 5.04. The number of phenolic OH excluding ortho intramolecular Hbond substituents is 1. The van der Waals surface area contributed by atoms with Crippen molar-refractivity contribution in [1.29, 1.82) is 0 Å². The van der Waals surface area contributed by atoms with Crippen molar-refractivity contribution in [3.05, 3.63) is 61.4 Å². The van der Waals surface area contributed by atoms with E-state index in [1.54, 1.807) is 18.2 Å². The molecule has 1 fully saturated rings. The normalized spacial score (nSPS) is 15.7. The molecule has 0 atom stereocenters. The quantitative estimate of drug-likeness (QED) is 0.622. The highest BCUT2D eigenvalue weighted by Crippen LogP contribution is 2.38. The number of carbonyl (C=O) groups excluding carboxylic acids is 2. The molecule has 1 saturated heterocycles. The molecule has 9 heteroatoms. The molecule has 0 aromatic heterocycles. The van der Waals surface area contributed by atoms with Crippen molar-refractivity contribution in [3.8, 4) is 11.5 Å². The number of nitrogens with zero attached hydrogens (tertiary/aromatic N) is 1. The monoisotopic (exact) mass is 443 g/mol. The van der Waals surface area contributed by atoms with Gasteiger partial charge in [0.2, 0.25) is 0 Å². The van der Waals surface area contributed by atoms with E-state index in [-0.39, 0.29) is 28.0 Å². The van der Waals surface area contributed by atoms with Crippen molar-refractivity contribution < 1.29 is 19.4 Å². The maximum atomic E-state index is 12.6. The summed E-state index contributed by atoms with van der Waals surface area (Å²) in [6.07, 6.45) is 1.52. The van der Waals surface area contributed by atoms with Gasteiger partial charge < -0.3 is 9.84 Å². The number of amides is 2. The Morgan fingerprint density at radius 3 is 2.52 bits per heavy atom. The topological polar surface area (TPSA) is 66.8 Å². The molecule has 27 heavy (non-hydrogen) atoms. The minimum absolute atomic E-state index is 0.0793. The zero-order valence-electron chi connectivity index (χ0n) is 13.8. The zero-order chi connectivity index (χ0) is 19.7. The average Bonchev–Trinajstić information content (AvgIpc) is 2.88. The van der Waals surface area contributed by atoms with Gasteiger partial charge in [0, 0.05) is 0 Å². The molecule has 0 spiro atoms. The Balaban J connectivity index is 1.86. The van der Waals surface area contributed by atoms with Crippen LogP contribution in [0.2, 0.25) is 15.1 Å². The molecule has 1 N–H and O–H groups in total. The Bertz CT molecular complexity index is 977. The van der Waals surface area contributed by atoms with Gasteiger partial charge >= 0.3 is 0 Å². The molecule has 5 nitrogen and oxygen atoms in total. The van der Waals surface area contributed by atoms with E-state index in [9.17, 15) is 14.7 Å². The summed E-state index contributed by atoms with van der Waals surface area (Å²) in [7, 11) is 1.39. The van der Waals surface area contributed by atoms with Gasteiger partial charge in [0.05, 0.1) is 33.6 Å². The molecule has 1 aliphatic rings. The van der Waals surface area contributed by atoms with E-state index >= 15 is 0 Å². The number of phenols is 1. The number of ether oxygens (including phenoxy) is 1. The van der Waals surface area contributed by atoms with Crippen molar-refractivity contribution in [2.75, 3.05) is 7.11 Å². The minimum Gasteiger partial charge on any atom is -0.503 e. The third-order valence-electron chi connectivity index (χ3n) is 3.77. The van der Waals surface area contributed by atoms with Crippen molar-refractivity contribution in [3.63, 3.8) is 0 Å². The van der Waals surface area contributed by atoms with E-state index in [1.165, 1.54) is 25.3 Å². The van der Waals surface area contributed by atoms with Gasteiger partial charge in [-0.2, -0.15) is 0 Å². The number of hydrogen-bond acceptors (Lipinski definition) is 5. The fourth-order valence-electron chi connectivity index (χ4n) is 2.44. The van der Waals surface area contributed by atoms with Crippen LogP contribution in [-0.2, 0) is 11.3 Å². The lowest BCUT2D eigenvalue weighted by Gasteiger charge is -2.13. The molecule has 0 bridgehead atoms. The van der Waals surface area contributed by atoms with Gasteiger partial charge in [0.1, 0.15) is 0 Å². The van der Waals surface area contributed by atoms with Crippen LogP contribution in [0.5, 0.6) is 11.5 Å². The number of rotatable bonds is 4. The molecule has 0 radical (unpaired) electrons. The van der Waals surface area contributed by atoms with Crippen LogP contribution in [-0.4, -0.2) is 28.3 Å². The minimum atomic E-state index is -0.431. The number of methoxy groups -OCH3 is 1. The number of hydrogen-bond donors (Lipinski definition) is 1. The van der Waals surface area contributed by atoms with Crippen LogP contribution >= 0.6 is 46.6 Å². The van der Waals surface area contributed by atoms with E-state index in [4.69, 9.17) is 39.5 Å². The standard InChI is InChI=1S/C18H12Cl3NO4S/c1-26-14-6-10(5-13(21)16(14)23)7-15-17(24)22(18(25)27-15)8-9-2-3-11(19)12(20)4-9/h2-7,23H,8H2,1H3/b15-7+. The van der Waals surface area contributed by atoms with E-state index in [0.29, 0.717) is 21.2 Å². The molecule has 1 heterocycles. The van der Waals surface area contributed by atoms with Crippen molar-refractivity contribution >= 4 is 63.8 Å². The van der Waals surface area contributed by atoms with Crippen LogP contribution in [0.3, 0.4) is 0 Å². The van der Waals surface area contributed by atoms with Gasteiger partial charge in [-0.1, -0.05) is 40.9 Å². The number of benzene rings is 2. The molecule has 1 aliphatic heterocycles. The summed E-state index contributed by atoms with van der Waals surface area (Å²) in [5.41, 5.74) is 1.21. The predicted octanol–water partition coefficient (Wildman–Crippen LogP) is 5.60. The first-order chi connectivity index (χ1) is 12.8. The summed E-state index contributed by atoms with van der Waals surface area (Å²) in [5, 5.41) is 10.2. The third kappa shape index (κ3) is 4.19. The highest BCUT2D eigenvalue weighted by molar-refractivity contribution is 8.18. The average molecular weight is 445 g/mol. The zero-order valence-corrected chi connectivity index (χ0v) is 16.9. The lowest BCUT2D eigenvalue weighted by Crippen LogP contribution is -2.27. The molecule has 0 saturated carbocycles. The molecule has 0 unspecified atom stereocenters. The van der Waals surface area contributed by atoms with Gasteiger partial charge in [-0.25, -0.2) is 0 Å². The summed E-state index contributed by atoms with van der Waals surface area (Å²) in [6, 6.07) is 7.92. The molecule has 2 aromatic carbocycles. The SMILES string of the molecule is COc1cc(/C=C2/SC(=O)N(Cc3ccc(Cl)c(Cl)c3)C2=O)cc(Cl)c1O. The summed E-state index contributed by atoms with van der Waals surface area (Å²) in [4.78, 5) is 26.2. The highest BCUT2D eigenvalue weighted by atomic mass is 35.5. The second-order valence-corrected chi connectivity index (χ2v) is 7.78. The van der Waals surface area contributed by atoms with E-state index in [1.807, 2.05) is 0 Å². The lowest BCUT2D eigenvalue weighted by atomic mass is 10.1. The molecular formula is C18H12Cl3NO4S. The smallest absolute Gasteiger partial charge is 0.293 e. The van der Waals surface area contributed by atoms with E-state index < -0.39 is 11.1 Å². The number of aromatic hydroxyl groups is 1. The van der Waals surface area contributed by atoms with Crippen LogP contribution in [0, 0.1) is 0 Å². The predicted molar refractivity (Wildman–Crippen MR) is 108 cm³/mol. The van der Waals surface area contributed by atoms with E-state index in [2.05, 4.69) is 0 Å². The second-order valence-electron chi connectivity index (χ2n) is 5.57. The maximum absolute atomic E-state index is 12.6. The summed E-state index contributed by atoms with van der Waals surface area (Å²) in [5.74, 6) is -0.452. The maximum Gasteiger partial charge on any atom is 0.293 e. The Kier molecular flexibility index (Phi) is 5.91. The number of imide groups is 1. The van der Waals surface area contributed by atoms with Gasteiger partial charge in [0.25, 0.3) is 11.1 Å². The Labute approximate surface area is 174 Å². The highest BCUT2D eigenvalue weighted by Gasteiger charge is 2.35. The molecule has 140 valence electrons. The summed E-state index contributed by atoms with van der Waals surface area (Å²) in [6.45, 7) is 0.0819.